The van der Waals surface area contributed by atoms with Gasteiger partial charge in [-0.2, -0.15) is 15.4 Å². The smallest absolute Gasteiger partial charge is 0.326 e. The van der Waals surface area contributed by atoms with Gasteiger partial charge < -0.3 is 14.9 Å². The molecule has 0 bridgehead atoms. The van der Waals surface area contributed by atoms with Crippen molar-refractivity contribution in [3.8, 4) is 0 Å². The molecule has 0 saturated carbocycles. The maximum Gasteiger partial charge on any atom is 0.326 e. The Balaban J connectivity index is 1.58. The quantitative estimate of drug-likeness (QED) is 0.809. The first-order valence-electron chi connectivity index (χ1n) is 8.98. The molecule has 2 aliphatic rings. The number of benzene rings is 1. The molecule has 9 heteroatoms. The Morgan fingerprint density at radius 2 is 1.89 bits per heavy atom. The van der Waals surface area contributed by atoms with Crippen LogP contribution in [-0.4, -0.2) is 73.8 Å². The number of carbonyl (C=O) groups excluding carboxylic acids is 2. The van der Waals surface area contributed by atoms with Crippen molar-refractivity contribution in [2.75, 3.05) is 19.6 Å². The molecule has 0 aliphatic carbocycles. The summed E-state index contributed by atoms with van der Waals surface area (Å²) in [4.78, 5) is 39.7. The summed E-state index contributed by atoms with van der Waals surface area (Å²) in [5.41, 5.74) is 1.37. The van der Waals surface area contributed by atoms with Crippen LogP contribution in [0.3, 0.4) is 0 Å². The second-order valence-corrected chi connectivity index (χ2v) is 7.52. The van der Waals surface area contributed by atoms with Gasteiger partial charge in [0, 0.05) is 32.1 Å². The molecule has 2 aliphatic heterocycles. The maximum absolute atomic E-state index is 13.1. The van der Waals surface area contributed by atoms with Crippen LogP contribution in [0, 0.1) is 5.41 Å². The van der Waals surface area contributed by atoms with E-state index in [-0.39, 0.29) is 17.2 Å². The van der Waals surface area contributed by atoms with Crippen LogP contribution >= 0.6 is 0 Å². The summed E-state index contributed by atoms with van der Waals surface area (Å²) in [5, 5.41) is 20.1. The van der Waals surface area contributed by atoms with Crippen LogP contribution in [0.15, 0.2) is 18.2 Å². The number of hydrogen-bond donors (Lipinski definition) is 2. The number of rotatable bonds is 2. The van der Waals surface area contributed by atoms with E-state index in [1.807, 2.05) is 0 Å². The Morgan fingerprint density at radius 1 is 1.19 bits per heavy atom. The third-order valence-electron chi connectivity index (χ3n) is 5.89. The molecule has 2 saturated heterocycles. The molecule has 9 nitrogen and oxygen atoms in total. The SMILES string of the molecule is CC(=O)N1CCC2(CC1)CC(C(=O)O)N(C(=O)c1ccc3n[nH]nc3c1)C2. The molecule has 27 heavy (non-hydrogen) atoms. The van der Waals surface area contributed by atoms with E-state index in [1.165, 1.54) is 4.90 Å². The van der Waals surface area contributed by atoms with Gasteiger partial charge in [0.15, 0.2) is 0 Å². The topological polar surface area (TPSA) is 119 Å². The van der Waals surface area contributed by atoms with Gasteiger partial charge in [-0.1, -0.05) is 0 Å². The van der Waals surface area contributed by atoms with Gasteiger partial charge in [0.25, 0.3) is 5.91 Å². The number of carboxylic acids is 1. The highest BCUT2D eigenvalue weighted by Gasteiger charge is 2.50. The lowest BCUT2D eigenvalue weighted by molar-refractivity contribution is -0.141. The molecule has 1 unspecified atom stereocenters. The molecular weight excluding hydrogens is 350 g/mol. The molecule has 1 spiro atoms. The summed E-state index contributed by atoms with van der Waals surface area (Å²) in [6.07, 6.45) is 1.84. The summed E-state index contributed by atoms with van der Waals surface area (Å²) in [7, 11) is 0. The lowest BCUT2D eigenvalue weighted by atomic mass is 9.76. The van der Waals surface area contributed by atoms with Gasteiger partial charge in [-0.05, 0) is 42.9 Å². The molecular formula is C18H21N5O4. The zero-order chi connectivity index (χ0) is 19.2. The standard InChI is InChI=1S/C18H21N5O4/c1-11(24)22-6-4-18(5-7-22)9-15(17(26)27)23(10-18)16(25)12-2-3-13-14(8-12)20-21-19-13/h2-3,8,15H,4-7,9-10H2,1H3,(H,26,27)(H,19,20,21). The van der Waals surface area contributed by atoms with E-state index in [0.717, 1.165) is 0 Å². The first kappa shape index (κ1) is 17.4. The lowest BCUT2D eigenvalue weighted by Gasteiger charge is -2.38. The highest BCUT2D eigenvalue weighted by molar-refractivity contribution is 5.99. The van der Waals surface area contributed by atoms with Gasteiger partial charge in [0.2, 0.25) is 5.91 Å². The van der Waals surface area contributed by atoms with Crippen molar-refractivity contribution in [3.63, 3.8) is 0 Å². The minimum absolute atomic E-state index is 0.0338. The van der Waals surface area contributed by atoms with Gasteiger partial charge in [-0.3, -0.25) is 9.59 Å². The van der Waals surface area contributed by atoms with Crippen molar-refractivity contribution in [2.24, 2.45) is 5.41 Å². The van der Waals surface area contributed by atoms with Crippen LogP contribution in [0.2, 0.25) is 0 Å². The third kappa shape index (κ3) is 3.02. The number of nitrogens with one attached hydrogen (secondary N) is 1. The van der Waals surface area contributed by atoms with Crippen molar-refractivity contribution in [1.82, 2.24) is 25.2 Å². The summed E-state index contributed by atoms with van der Waals surface area (Å²) < 4.78 is 0. The zero-order valence-electron chi connectivity index (χ0n) is 15.0. The number of likely N-dealkylation sites (tertiary alicyclic amines) is 2. The normalized spacial score (nSPS) is 21.7. The van der Waals surface area contributed by atoms with Crippen molar-refractivity contribution in [3.05, 3.63) is 23.8 Å². The molecule has 2 aromatic rings. The Labute approximate surface area is 155 Å². The van der Waals surface area contributed by atoms with Crippen LogP contribution < -0.4 is 0 Å². The van der Waals surface area contributed by atoms with Gasteiger partial charge in [0.05, 0.1) is 0 Å². The number of carboxylic acid groups (broad SMARTS) is 1. The second-order valence-electron chi connectivity index (χ2n) is 7.52. The van der Waals surface area contributed by atoms with E-state index < -0.39 is 12.0 Å². The third-order valence-corrected chi connectivity index (χ3v) is 5.89. The largest absolute Gasteiger partial charge is 0.480 e. The number of aromatic amines is 1. The van der Waals surface area contributed by atoms with E-state index in [2.05, 4.69) is 15.4 Å². The summed E-state index contributed by atoms with van der Waals surface area (Å²) in [5.74, 6) is -1.26. The molecule has 2 amide bonds. The predicted octanol–water partition coefficient (Wildman–Crippen LogP) is 0.886. The fourth-order valence-electron chi connectivity index (χ4n) is 4.29. The number of H-pyrrole nitrogens is 1. The van der Waals surface area contributed by atoms with Crippen LogP contribution in [0.5, 0.6) is 0 Å². The molecule has 1 aromatic carbocycles. The van der Waals surface area contributed by atoms with E-state index in [1.54, 1.807) is 30.0 Å². The number of piperidine rings is 1. The average molecular weight is 371 g/mol. The highest BCUT2D eigenvalue weighted by Crippen LogP contribution is 2.44. The molecule has 1 atom stereocenters. The van der Waals surface area contributed by atoms with Crippen LogP contribution in [0.25, 0.3) is 11.0 Å². The van der Waals surface area contributed by atoms with E-state index in [9.17, 15) is 19.5 Å². The van der Waals surface area contributed by atoms with Crippen molar-refractivity contribution in [2.45, 2.75) is 32.2 Å². The van der Waals surface area contributed by atoms with Gasteiger partial charge in [0.1, 0.15) is 17.1 Å². The maximum atomic E-state index is 13.1. The lowest BCUT2D eigenvalue weighted by Crippen LogP contribution is -2.44. The summed E-state index contributed by atoms with van der Waals surface area (Å²) in [6, 6.07) is 4.12. The van der Waals surface area contributed by atoms with Crippen LogP contribution in [0.4, 0.5) is 0 Å². The molecule has 1 aromatic heterocycles. The number of fused-ring (bicyclic) bond motifs is 1. The minimum Gasteiger partial charge on any atom is -0.480 e. The Bertz CT molecular complexity index is 915. The number of amides is 2. The van der Waals surface area contributed by atoms with Crippen LogP contribution in [0.1, 0.15) is 36.5 Å². The van der Waals surface area contributed by atoms with E-state index in [0.29, 0.717) is 55.5 Å². The van der Waals surface area contributed by atoms with Crippen LogP contribution in [-0.2, 0) is 9.59 Å². The number of carbonyl (C=O) groups is 3. The number of hydrogen-bond acceptors (Lipinski definition) is 5. The molecule has 2 fully saturated rings. The fourth-order valence-corrected chi connectivity index (χ4v) is 4.29. The highest BCUT2D eigenvalue weighted by atomic mass is 16.4. The first-order valence-corrected chi connectivity index (χ1v) is 8.98. The van der Waals surface area contributed by atoms with Crippen molar-refractivity contribution >= 4 is 28.8 Å². The summed E-state index contributed by atoms with van der Waals surface area (Å²) >= 11 is 0. The molecule has 4 rings (SSSR count). The van der Waals surface area contributed by atoms with Crippen molar-refractivity contribution < 1.29 is 19.5 Å². The molecule has 0 radical (unpaired) electrons. The minimum atomic E-state index is -0.989. The average Bonchev–Trinajstić information content (AvgIpc) is 3.26. The fraction of sp³-hybridized carbons (Fsp3) is 0.500. The first-order chi connectivity index (χ1) is 12.9. The second kappa shape index (κ2) is 6.33. The predicted molar refractivity (Wildman–Crippen MR) is 94.9 cm³/mol. The molecule has 142 valence electrons. The summed E-state index contributed by atoms with van der Waals surface area (Å²) in [6.45, 7) is 3.15. The molecule has 3 heterocycles. The zero-order valence-corrected chi connectivity index (χ0v) is 15.0. The van der Waals surface area contributed by atoms with E-state index in [4.69, 9.17) is 0 Å². The molecule has 2 N–H and O–H groups in total. The van der Waals surface area contributed by atoms with Gasteiger partial charge in [-0.15, -0.1) is 0 Å². The number of aromatic nitrogens is 3. The number of aliphatic carboxylic acids is 1. The Morgan fingerprint density at radius 3 is 2.56 bits per heavy atom. The van der Waals surface area contributed by atoms with E-state index >= 15 is 0 Å². The Hall–Kier alpha value is -2.97. The monoisotopic (exact) mass is 371 g/mol. The van der Waals surface area contributed by atoms with Crippen molar-refractivity contribution in [1.29, 1.82) is 0 Å². The van der Waals surface area contributed by atoms with Gasteiger partial charge in [-0.25, -0.2) is 4.79 Å². The Kier molecular flexibility index (Phi) is 4.09. The number of nitrogens with zero attached hydrogens (tertiary/aromatic N) is 4. The van der Waals surface area contributed by atoms with Gasteiger partial charge >= 0.3 is 5.97 Å².